The molecular formula is C26H22F2N2O3S. The maximum Gasteiger partial charge on any atom is 0.273 e. The fraction of sp³-hybridized carbons (Fsp3) is 0.154. The van der Waals surface area contributed by atoms with Gasteiger partial charge in [0.15, 0.2) is 23.1 Å². The Morgan fingerprint density at radius 1 is 0.971 bits per heavy atom. The zero-order valence-electron chi connectivity index (χ0n) is 18.6. The first-order valence-corrected chi connectivity index (χ1v) is 11.3. The lowest BCUT2D eigenvalue weighted by Crippen LogP contribution is -2.26. The van der Waals surface area contributed by atoms with Crippen LogP contribution in [0.5, 0.6) is 11.5 Å². The molecule has 0 unspecified atom stereocenters. The number of ether oxygens (including phenoxy) is 2. The highest BCUT2D eigenvalue weighted by molar-refractivity contribution is 7.13. The summed E-state index contributed by atoms with van der Waals surface area (Å²) in [4.78, 5) is 19.0. The molecule has 4 aromatic rings. The van der Waals surface area contributed by atoms with Gasteiger partial charge in [-0.1, -0.05) is 36.4 Å². The number of hydrogen-bond donors (Lipinski definition) is 0. The van der Waals surface area contributed by atoms with Crippen LogP contribution in [0.4, 0.5) is 8.78 Å². The molecule has 1 amide bonds. The van der Waals surface area contributed by atoms with Crippen LogP contribution in [0, 0.1) is 11.6 Å². The molecule has 5 nitrogen and oxygen atoms in total. The molecule has 0 saturated carbocycles. The van der Waals surface area contributed by atoms with Crippen molar-refractivity contribution in [3.8, 4) is 22.1 Å². The van der Waals surface area contributed by atoms with Crippen molar-refractivity contribution in [1.29, 1.82) is 0 Å². The van der Waals surface area contributed by atoms with Crippen molar-refractivity contribution in [2.45, 2.75) is 13.2 Å². The monoisotopic (exact) mass is 480 g/mol. The van der Waals surface area contributed by atoms with Crippen molar-refractivity contribution in [3.05, 3.63) is 101 Å². The van der Waals surface area contributed by atoms with E-state index in [-0.39, 0.29) is 12.5 Å². The van der Waals surface area contributed by atoms with E-state index in [0.717, 1.165) is 23.3 Å². The molecule has 34 heavy (non-hydrogen) atoms. The number of benzene rings is 3. The van der Waals surface area contributed by atoms with Gasteiger partial charge in [0.1, 0.15) is 17.3 Å². The van der Waals surface area contributed by atoms with Crippen LogP contribution in [0.3, 0.4) is 0 Å². The molecule has 0 atom stereocenters. The van der Waals surface area contributed by atoms with Crippen LogP contribution in [-0.4, -0.2) is 29.9 Å². The maximum atomic E-state index is 13.4. The quantitative estimate of drug-likeness (QED) is 0.313. The molecular weight excluding hydrogens is 458 g/mol. The molecule has 1 aromatic heterocycles. The number of rotatable bonds is 8. The fourth-order valence-electron chi connectivity index (χ4n) is 3.34. The van der Waals surface area contributed by atoms with Gasteiger partial charge in [0.2, 0.25) is 0 Å². The molecule has 0 bridgehead atoms. The molecule has 3 aromatic carbocycles. The number of amides is 1. The van der Waals surface area contributed by atoms with Gasteiger partial charge in [0.05, 0.1) is 7.11 Å². The number of thiazole rings is 1. The molecule has 0 spiro atoms. The van der Waals surface area contributed by atoms with Gasteiger partial charge in [-0.05, 0) is 41.5 Å². The van der Waals surface area contributed by atoms with E-state index in [4.69, 9.17) is 9.47 Å². The van der Waals surface area contributed by atoms with Crippen molar-refractivity contribution in [2.75, 3.05) is 14.2 Å². The molecule has 0 radical (unpaired) electrons. The molecule has 0 aliphatic carbocycles. The van der Waals surface area contributed by atoms with Gasteiger partial charge in [-0.2, -0.15) is 0 Å². The standard InChI is InChI=1S/C26H22F2N2O3S/c1-30(14-17-6-4-3-5-7-17)26(31)22-16-34-25(29-22)19-9-11-23(24(13-19)32-2)33-15-18-8-10-20(27)21(28)12-18/h3-13,16H,14-15H2,1-2H3. The van der Waals surface area contributed by atoms with E-state index in [1.54, 1.807) is 29.5 Å². The van der Waals surface area contributed by atoms with Gasteiger partial charge < -0.3 is 14.4 Å². The summed E-state index contributed by atoms with van der Waals surface area (Å²) in [5.41, 5.74) is 2.67. The Balaban J connectivity index is 1.46. The van der Waals surface area contributed by atoms with Gasteiger partial charge >= 0.3 is 0 Å². The van der Waals surface area contributed by atoms with Gasteiger partial charge in [0, 0.05) is 24.5 Å². The minimum absolute atomic E-state index is 0.0521. The van der Waals surface area contributed by atoms with E-state index in [0.29, 0.717) is 34.3 Å². The molecule has 0 aliphatic heterocycles. The van der Waals surface area contributed by atoms with E-state index < -0.39 is 11.6 Å². The number of aromatic nitrogens is 1. The summed E-state index contributed by atoms with van der Waals surface area (Å²) in [6.07, 6.45) is 0. The Morgan fingerprint density at radius 2 is 1.76 bits per heavy atom. The zero-order valence-corrected chi connectivity index (χ0v) is 19.4. The highest BCUT2D eigenvalue weighted by Gasteiger charge is 2.17. The number of nitrogens with zero attached hydrogens (tertiary/aromatic N) is 2. The Hall–Kier alpha value is -3.78. The third-order valence-electron chi connectivity index (χ3n) is 5.12. The van der Waals surface area contributed by atoms with Crippen LogP contribution >= 0.6 is 11.3 Å². The number of halogens is 2. The Kier molecular flexibility index (Phi) is 7.18. The van der Waals surface area contributed by atoms with Crippen LogP contribution in [0.25, 0.3) is 10.6 Å². The normalized spacial score (nSPS) is 10.7. The first kappa shape index (κ1) is 23.4. The molecule has 8 heteroatoms. The molecule has 0 N–H and O–H groups in total. The Labute approximate surface area is 200 Å². The average molecular weight is 481 g/mol. The molecule has 0 saturated heterocycles. The fourth-order valence-corrected chi connectivity index (χ4v) is 4.13. The minimum Gasteiger partial charge on any atom is -0.493 e. The maximum absolute atomic E-state index is 13.4. The smallest absolute Gasteiger partial charge is 0.273 e. The summed E-state index contributed by atoms with van der Waals surface area (Å²) in [6.45, 7) is 0.543. The van der Waals surface area contributed by atoms with Gasteiger partial charge in [-0.3, -0.25) is 4.79 Å². The number of hydrogen-bond acceptors (Lipinski definition) is 5. The van der Waals surface area contributed by atoms with Crippen molar-refractivity contribution in [3.63, 3.8) is 0 Å². The third-order valence-corrected chi connectivity index (χ3v) is 6.01. The molecule has 0 fully saturated rings. The third kappa shape index (κ3) is 5.40. The van der Waals surface area contributed by atoms with Crippen molar-refractivity contribution in [1.82, 2.24) is 9.88 Å². The van der Waals surface area contributed by atoms with E-state index in [2.05, 4.69) is 4.98 Å². The number of carbonyl (C=O) groups excluding carboxylic acids is 1. The second-order valence-electron chi connectivity index (χ2n) is 7.59. The summed E-state index contributed by atoms with van der Waals surface area (Å²) < 4.78 is 37.7. The van der Waals surface area contributed by atoms with Crippen LogP contribution in [0.2, 0.25) is 0 Å². The molecule has 0 aliphatic rings. The van der Waals surface area contributed by atoms with E-state index in [1.165, 1.54) is 24.5 Å². The molecule has 1 heterocycles. The summed E-state index contributed by atoms with van der Waals surface area (Å²) in [5, 5.41) is 2.40. The minimum atomic E-state index is -0.924. The topological polar surface area (TPSA) is 51.7 Å². The predicted molar refractivity (Wildman–Crippen MR) is 127 cm³/mol. The van der Waals surface area contributed by atoms with Crippen molar-refractivity contribution < 1.29 is 23.0 Å². The van der Waals surface area contributed by atoms with Crippen LogP contribution in [0.15, 0.2) is 72.1 Å². The highest BCUT2D eigenvalue weighted by atomic mass is 32.1. The lowest BCUT2D eigenvalue weighted by atomic mass is 10.2. The first-order valence-electron chi connectivity index (χ1n) is 10.4. The zero-order chi connectivity index (χ0) is 24.1. The SMILES string of the molecule is COc1cc(-c2nc(C(=O)N(C)Cc3ccccc3)cs2)ccc1OCc1ccc(F)c(F)c1. The molecule has 4 rings (SSSR count). The van der Waals surface area contributed by atoms with Gasteiger partial charge in [-0.25, -0.2) is 13.8 Å². The van der Waals surface area contributed by atoms with Gasteiger partial charge in [0.25, 0.3) is 5.91 Å². The second-order valence-corrected chi connectivity index (χ2v) is 8.45. The van der Waals surface area contributed by atoms with Gasteiger partial charge in [-0.15, -0.1) is 11.3 Å². The Morgan fingerprint density at radius 3 is 2.50 bits per heavy atom. The van der Waals surface area contributed by atoms with Crippen molar-refractivity contribution in [2.24, 2.45) is 0 Å². The summed E-state index contributed by atoms with van der Waals surface area (Å²) in [7, 11) is 3.26. The number of methoxy groups -OCH3 is 1. The van der Waals surface area contributed by atoms with Crippen LogP contribution in [-0.2, 0) is 13.2 Å². The lowest BCUT2D eigenvalue weighted by Gasteiger charge is -2.15. The lowest BCUT2D eigenvalue weighted by molar-refractivity contribution is 0.0780. The van der Waals surface area contributed by atoms with E-state index in [9.17, 15) is 13.6 Å². The summed E-state index contributed by atoms with van der Waals surface area (Å²) in [5.74, 6) is -1.08. The largest absolute Gasteiger partial charge is 0.493 e. The summed E-state index contributed by atoms with van der Waals surface area (Å²) in [6, 6.07) is 18.7. The number of carbonyl (C=O) groups is 1. The van der Waals surface area contributed by atoms with Crippen LogP contribution in [0.1, 0.15) is 21.6 Å². The van der Waals surface area contributed by atoms with Crippen molar-refractivity contribution >= 4 is 17.2 Å². The van der Waals surface area contributed by atoms with E-state index >= 15 is 0 Å². The average Bonchev–Trinajstić information content (AvgIpc) is 3.35. The summed E-state index contributed by atoms with van der Waals surface area (Å²) >= 11 is 1.36. The second kappa shape index (κ2) is 10.4. The first-order chi connectivity index (χ1) is 16.4. The molecule has 174 valence electrons. The highest BCUT2D eigenvalue weighted by Crippen LogP contribution is 2.34. The van der Waals surface area contributed by atoms with E-state index in [1.807, 2.05) is 36.4 Å². The predicted octanol–water partition coefficient (Wildman–Crippen LogP) is 5.95. The Bertz CT molecular complexity index is 1290. The van der Waals surface area contributed by atoms with Crippen LogP contribution < -0.4 is 9.47 Å².